The molecule has 4 nitrogen and oxygen atoms in total. The molecule has 0 bridgehead atoms. The molecule has 3 heterocycles. The molecule has 0 saturated carbocycles. The van der Waals surface area contributed by atoms with Gasteiger partial charge in [0.2, 0.25) is 0 Å². The second-order valence-corrected chi connectivity index (χ2v) is 3.95. The Morgan fingerprint density at radius 3 is 2.94 bits per heavy atom. The van der Waals surface area contributed by atoms with Crippen molar-refractivity contribution in [3.05, 3.63) is 47.4 Å². The highest BCUT2D eigenvalue weighted by Crippen LogP contribution is 2.24. The van der Waals surface area contributed by atoms with Crippen LogP contribution in [0.3, 0.4) is 0 Å². The minimum absolute atomic E-state index is 0.325. The minimum Gasteiger partial charge on any atom is -0.443 e. The van der Waals surface area contributed by atoms with Crippen LogP contribution < -0.4 is 0 Å². The number of nitrogens with zero attached hydrogens (tertiary/aromatic N) is 2. The zero-order chi connectivity index (χ0) is 11.8. The molecule has 3 aromatic rings. The third kappa shape index (κ3) is 1.72. The van der Waals surface area contributed by atoms with E-state index in [0.29, 0.717) is 27.9 Å². The average Bonchev–Trinajstić information content (AvgIpc) is 2.93. The van der Waals surface area contributed by atoms with Gasteiger partial charge in [-0.15, -0.1) is 0 Å². The fourth-order valence-electron chi connectivity index (χ4n) is 1.64. The Morgan fingerprint density at radius 2 is 2.24 bits per heavy atom. The highest BCUT2D eigenvalue weighted by Gasteiger charge is 2.08. The number of carbonyl (C=O) groups excluding carboxylic acids is 1. The van der Waals surface area contributed by atoms with Crippen molar-refractivity contribution in [2.45, 2.75) is 0 Å². The molecule has 0 spiro atoms. The summed E-state index contributed by atoms with van der Waals surface area (Å²) in [6.07, 6.45) is 4.39. The van der Waals surface area contributed by atoms with Crippen molar-refractivity contribution in [2.75, 3.05) is 0 Å². The first-order valence-electron chi connectivity index (χ1n) is 4.96. The number of carbonyl (C=O) groups is 1. The molecule has 3 aromatic heterocycles. The third-order valence-corrected chi connectivity index (χ3v) is 2.65. The van der Waals surface area contributed by atoms with Crippen molar-refractivity contribution in [3.8, 4) is 11.5 Å². The van der Waals surface area contributed by atoms with Crippen LogP contribution in [0.2, 0.25) is 5.22 Å². The van der Waals surface area contributed by atoms with Crippen molar-refractivity contribution in [1.29, 1.82) is 0 Å². The van der Waals surface area contributed by atoms with Gasteiger partial charge in [0.1, 0.15) is 17.6 Å². The monoisotopic (exact) mass is 246 g/mol. The van der Waals surface area contributed by atoms with Crippen LogP contribution in [0.5, 0.6) is 0 Å². The molecule has 0 aliphatic carbocycles. The lowest BCUT2D eigenvalue weighted by Crippen LogP contribution is -1.85. The highest BCUT2D eigenvalue weighted by atomic mass is 35.5. The lowest BCUT2D eigenvalue weighted by atomic mass is 10.3. The van der Waals surface area contributed by atoms with Gasteiger partial charge in [0, 0.05) is 18.0 Å². The molecular formula is C12H7ClN2O2. The van der Waals surface area contributed by atoms with E-state index in [0.717, 1.165) is 6.29 Å². The number of halogens is 1. The van der Waals surface area contributed by atoms with Crippen LogP contribution in [0.15, 0.2) is 41.1 Å². The highest BCUT2D eigenvalue weighted by molar-refractivity contribution is 6.28. The molecule has 0 N–H and O–H groups in total. The summed E-state index contributed by atoms with van der Waals surface area (Å²) in [6, 6.07) is 6.85. The smallest absolute Gasteiger partial charge is 0.194 e. The number of hydrogen-bond acceptors (Lipinski definition) is 3. The van der Waals surface area contributed by atoms with Gasteiger partial charge >= 0.3 is 0 Å². The maximum Gasteiger partial charge on any atom is 0.194 e. The summed E-state index contributed by atoms with van der Waals surface area (Å²) in [5.41, 5.74) is 1.96. The maximum atomic E-state index is 10.7. The quantitative estimate of drug-likeness (QED) is 0.653. The number of aromatic nitrogens is 2. The summed E-state index contributed by atoms with van der Waals surface area (Å²) in [5, 5.41) is 0.325. The molecule has 0 saturated heterocycles. The molecule has 0 atom stereocenters. The van der Waals surface area contributed by atoms with Crippen LogP contribution in [0, 0.1) is 0 Å². The van der Waals surface area contributed by atoms with E-state index in [4.69, 9.17) is 16.0 Å². The second-order valence-electron chi connectivity index (χ2n) is 3.57. The van der Waals surface area contributed by atoms with Gasteiger partial charge in [-0.25, -0.2) is 4.98 Å². The van der Waals surface area contributed by atoms with E-state index >= 15 is 0 Å². The molecule has 0 aliphatic rings. The van der Waals surface area contributed by atoms with Crippen LogP contribution in [-0.2, 0) is 0 Å². The molecule has 0 aromatic carbocycles. The third-order valence-electron chi connectivity index (χ3n) is 2.45. The van der Waals surface area contributed by atoms with Gasteiger partial charge in [-0.05, 0) is 35.9 Å². The number of furan rings is 1. The topological polar surface area (TPSA) is 47.5 Å². The van der Waals surface area contributed by atoms with Crippen molar-refractivity contribution in [2.24, 2.45) is 0 Å². The Balaban J connectivity index is 2.16. The van der Waals surface area contributed by atoms with Crippen molar-refractivity contribution in [3.63, 3.8) is 0 Å². The van der Waals surface area contributed by atoms with Gasteiger partial charge < -0.3 is 8.82 Å². The molecule has 0 aliphatic heterocycles. The van der Waals surface area contributed by atoms with Gasteiger partial charge in [0.15, 0.2) is 11.0 Å². The Kier molecular flexibility index (Phi) is 2.23. The Morgan fingerprint density at radius 1 is 1.35 bits per heavy atom. The Labute approximate surface area is 101 Å². The predicted molar refractivity (Wildman–Crippen MR) is 63.3 cm³/mol. The first-order valence-corrected chi connectivity index (χ1v) is 5.34. The summed E-state index contributed by atoms with van der Waals surface area (Å²) in [6.45, 7) is 0. The Bertz CT molecular complexity index is 699. The van der Waals surface area contributed by atoms with E-state index in [1.807, 2.05) is 10.6 Å². The number of fused-ring (bicyclic) bond motifs is 1. The van der Waals surface area contributed by atoms with E-state index in [1.54, 1.807) is 30.5 Å². The van der Waals surface area contributed by atoms with Gasteiger partial charge in [0.25, 0.3) is 0 Å². The average molecular weight is 247 g/mol. The predicted octanol–water partition coefficient (Wildman–Crippen LogP) is 3.06. The summed E-state index contributed by atoms with van der Waals surface area (Å²) >= 11 is 5.71. The lowest BCUT2D eigenvalue weighted by molar-refractivity contribution is 0.112. The SMILES string of the molecule is O=Cc1ccn2cc(-c3ccc(Cl)o3)nc2c1. The summed E-state index contributed by atoms with van der Waals surface area (Å²) < 4.78 is 7.09. The van der Waals surface area contributed by atoms with E-state index in [2.05, 4.69) is 4.98 Å². The number of hydrogen-bond donors (Lipinski definition) is 0. The molecule has 17 heavy (non-hydrogen) atoms. The fraction of sp³-hybridized carbons (Fsp3) is 0. The second kappa shape index (κ2) is 3.75. The molecule has 5 heteroatoms. The minimum atomic E-state index is 0.325. The largest absolute Gasteiger partial charge is 0.443 e. The molecule has 0 fully saturated rings. The summed E-state index contributed by atoms with van der Waals surface area (Å²) in [7, 11) is 0. The van der Waals surface area contributed by atoms with Gasteiger partial charge in [-0.1, -0.05) is 0 Å². The van der Waals surface area contributed by atoms with Crippen molar-refractivity contribution < 1.29 is 9.21 Å². The van der Waals surface area contributed by atoms with Gasteiger partial charge in [0.05, 0.1) is 0 Å². The van der Waals surface area contributed by atoms with Crippen molar-refractivity contribution >= 4 is 23.5 Å². The number of pyridine rings is 1. The summed E-state index contributed by atoms with van der Waals surface area (Å²) in [5.74, 6) is 0.603. The first-order chi connectivity index (χ1) is 8.26. The normalized spacial score (nSPS) is 10.9. The zero-order valence-corrected chi connectivity index (χ0v) is 9.39. The van der Waals surface area contributed by atoms with Gasteiger partial charge in [-0.2, -0.15) is 0 Å². The Hall–Kier alpha value is -2.07. The first kappa shape index (κ1) is 10.1. The van der Waals surface area contributed by atoms with E-state index in [1.165, 1.54) is 0 Å². The van der Waals surface area contributed by atoms with E-state index < -0.39 is 0 Å². The molecule has 0 amide bonds. The standard InChI is InChI=1S/C12H7ClN2O2/c13-11-2-1-10(17-11)9-6-15-4-3-8(7-16)5-12(15)14-9/h1-7H. The van der Waals surface area contributed by atoms with Crippen LogP contribution in [-0.4, -0.2) is 15.7 Å². The lowest BCUT2D eigenvalue weighted by Gasteiger charge is -1.91. The van der Waals surface area contributed by atoms with Gasteiger partial charge in [-0.3, -0.25) is 4.79 Å². The molecule has 3 rings (SSSR count). The molecule has 0 radical (unpaired) electrons. The zero-order valence-electron chi connectivity index (χ0n) is 8.63. The van der Waals surface area contributed by atoms with E-state index in [9.17, 15) is 4.79 Å². The number of rotatable bonds is 2. The fourth-order valence-corrected chi connectivity index (χ4v) is 1.79. The van der Waals surface area contributed by atoms with Crippen LogP contribution in [0.25, 0.3) is 17.1 Å². The van der Waals surface area contributed by atoms with Crippen molar-refractivity contribution in [1.82, 2.24) is 9.38 Å². The summed E-state index contributed by atoms with van der Waals surface area (Å²) in [4.78, 5) is 15.0. The van der Waals surface area contributed by atoms with Crippen LogP contribution in [0.4, 0.5) is 0 Å². The van der Waals surface area contributed by atoms with Crippen LogP contribution >= 0.6 is 11.6 Å². The maximum absolute atomic E-state index is 10.7. The number of aldehydes is 1. The van der Waals surface area contributed by atoms with Crippen LogP contribution in [0.1, 0.15) is 10.4 Å². The van der Waals surface area contributed by atoms with E-state index in [-0.39, 0.29) is 0 Å². The number of imidazole rings is 1. The molecule has 0 unspecified atom stereocenters. The molecule has 84 valence electrons. The molecular weight excluding hydrogens is 240 g/mol.